The molecule has 0 aromatic carbocycles. The van der Waals surface area contributed by atoms with Crippen molar-refractivity contribution in [2.45, 2.75) is 69.2 Å². The lowest BCUT2D eigenvalue weighted by Crippen LogP contribution is -2.31. The summed E-state index contributed by atoms with van der Waals surface area (Å²) in [5, 5.41) is 4.27. The molecule has 1 aliphatic rings. The van der Waals surface area contributed by atoms with E-state index in [2.05, 4.69) is 10.3 Å². The Balaban J connectivity index is 1.31. The number of carbonyl (C=O) groups excluding carboxylic acids is 5. The fourth-order valence-electron chi connectivity index (χ4n) is 3.25. The number of nitrogens with zero attached hydrogens (tertiary/aromatic N) is 2. The maximum Gasteiger partial charge on any atom is 0.333 e. The van der Waals surface area contributed by atoms with Crippen LogP contribution in [-0.4, -0.2) is 71.8 Å². The lowest BCUT2D eigenvalue weighted by atomic mass is 10.1. The van der Waals surface area contributed by atoms with E-state index in [0.29, 0.717) is 49.7 Å². The number of ether oxygens (including phenoxy) is 2. The van der Waals surface area contributed by atoms with E-state index in [1.807, 2.05) is 18.2 Å². The molecule has 1 aromatic rings. The van der Waals surface area contributed by atoms with Gasteiger partial charge in [0, 0.05) is 50.6 Å². The summed E-state index contributed by atoms with van der Waals surface area (Å²) in [6.45, 7) is 1.18. The van der Waals surface area contributed by atoms with Crippen molar-refractivity contribution < 1.29 is 38.3 Å². The zero-order valence-electron chi connectivity index (χ0n) is 21.4. The third-order valence-electron chi connectivity index (χ3n) is 5.21. The Morgan fingerprint density at radius 1 is 0.895 bits per heavy atom. The minimum absolute atomic E-state index is 0.0378. The van der Waals surface area contributed by atoms with Gasteiger partial charge in [0.25, 0.3) is 11.8 Å². The van der Waals surface area contributed by atoms with Crippen molar-refractivity contribution in [1.29, 1.82) is 0 Å². The van der Waals surface area contributed by atoms with E-state index >= 15 is 0 Å². The van der Waals surface area contributed by atoms with Crippen LogP contribution in [-0.2, 0) is 38.3 Å². The summed E-state index contributed by atoms with van der Waals surface area (Å²) in [4.78, 5) is 67.1. The van der Waals surface area contributed by atoms with Gasteiger partial charge in [0.1, 0.15) is 11.6 Å². The topological polar surface area (TPSA) is 141 Å². The molecule has 1 N–H and O–H groups in total. The van der Waals surface area contributed by atoms with Gasteiger partial charge in [-0.05, 0) is 35.8 Å². The number of pyridine rings is 1. The van der Waals surface area contributed by atoms with Gasteiger partial charge < -0.3 is 19.6 Å². The zero-order valence-corrected chi connectivity index (χ0v) is 23.0. The summed E-state index contributed by atoms with van der Waals surface area (Å²) < 4.78 is 10.5. The maximum absolute atomic E-state index is 11.8. The number of hydrogen-bond donors (Lipinski definition) is 1. The molecule has 0 spiro atoms. The molecule has 0 saturated carbocycles. The molecule has 3 amide bonds. The van der Waals surface area contributed by atoms with E-state index in [0.717, 1.165) is 24.3 Å². The molecule has 0 bridgehead atoms. The van der Waals surface area contributed by atoms with Gasteiger partial charge in [0.05, 0.1) is 13.2 Å². The smallest absolute Gasteiger partial charge is 0.333 e. The summed E-state index contributed by atoms with van der Waals surface area (Å²) >= 11 is 0. The highest BCUT2D eigenvalue weighted by Crippen LogP contribution is 2.29. The number of aromatic nitrogens is 1. The van der Waals surface area contributed by atoms with Crippen LogP contribution < -0.4 is 5.32 Å². The predicted octanol–water partition coefficient (Wildman–Crippen LogP) is 3.23. The first-order valence-corrected chi connectivity index (χ1v) is 15.0. The summed E-state index contributed by atoms with van der Waals surface area (Å²) in [5.74, 6) is -1.19. The number of amides is 3. The van der Waals surface area contributed by atoms with Crippen molar-refractivity contribution in [2.75, 3.05) is 32.1 Å². The molecule has 0 radical (unpaired) electrons. The van der Waals surface area contributed by atoms with Crippen molar-refractivity contribution in [3.8, 4) is 0 Å². The highest BCUT2D eigenvalue weighted by atomic mass is 33.1. The monoisotopic (exact) mass is 569 g/mol. The van der Waals surface area contributed by atoms with Crippen LogP contribution in [0.5, 0.6) is 0 Å². The van der Waals surface area contributed by atoms with E-state index in [1.165, 1.54) is 0 Å². The normalized spacial score (nSPS) is 13.0. The average molecular weight is 570 g/mol. The Morgan fingerprint density at radius 2 is 1.61 bits per heavy atom. The van der Waals surface area contributed by atoms with Crippen LogP contribution in [0.4, 0.5) is 0 Å². The molecule has 13 heteroatoms. The molecule has 38 heavy (non-hydrogen) atoms. The standard InChI is InChI=1S/C25H35N3O8S2/c29-20(13-19-37-38-21-8-6-7-14-27-21)26-15-16-34-17-18-35-24(32)9-4-2-1-3-5-10-25(33)36-28-22(30)11-12-23(28)31/h6-8,14H,1-5,9-13,15-19H2,(H,26,29). The number of rotatable bonds is 20. The number of esters is 1. The van der Waals surface area contributed by atoms with Crippen LogP contribution in [0, 0.1) is 0 Å². The number of imide groups is 1. The third kappa shape index (κ3) is 14.3. The molecular formula is C25H35N3O8S2. The van der Waals surface area contributed by atoms with E-state index < -0.39 is 17.8 Å². The minimum atomic E-state index is -0.590. The summed E-state index contributed by atoms with van der Waals surface area (Å²) in [6.07, 6.45) is 6.47. The second kappa shape index (κ2) is 19.4. The summed E-state index contributed by atoms with van der Waals surface area (Å²) in [5.41, 5.74) is 0. The van der Waals surface area contributed by atoms with Gasteiger partial charge >= 0.3 is 11.9 Å². The van der Waals surface area contributed by atoms with Crippen molar-refractivity contribution >= 4 is 51.2 Å². The van der Waals surface area contributed by atoms with E-state index in [4.69, 9.17) is 14.3 Å². The fraction of sp³-hybridized carbons (Fsp3) is 0.600. The van der Waals surface area contributed by atoms with Crippen molar-refractivity contribution in [3.63, 3.8) is 0 Å². The Hall–Kier alpha value is -2.64. The Bertz CT molecular complexity index is 888. The van der Waals surface area contributed by atoms with Crippen LogP contribution in [0.15, 0.2) is 29.4 Å². The second-order valence-electron chi connectivity index (χ2n) is 8.32. The largest absolute Gasteiger partial charge is 0.463 e. The fourth-order valence-corrected chi connectivity index (χ4v) is 5.12. The van der Waals surface area contributed by atoms with E-state index in [1.54, 1.807) is 27.8 Å². The van der Waals surface area contributed by atoms with Gasteiger partial charge in [0.2, 0.25) is 5.91 Å². The van der Waals surface area contributed by atoms with E-state index in [9.17, 15) is 24.0 Å². The Morgan fingerprint density at radius 3 is 2.32 bits per heavy atom. The molecule has 0 atom stereocenters. The van der Waals surface area contributed by atoms with Crippen LogP contribution in [0.1, 0.15) is 64.2 Å². The van der Waals surface area contributed by atoms with Crippen LogP contribution in [0.25, 0.3) is 0 Å². The van der Waals surface area contributed by atoms with Crippen LogP contribution in [0.3, 0.4) is 0 Å². The quantitative estimate of drug-likeness (QED) is 0.107. The Labute approximate surface area is 230 Å². The van der Waals surface area contributed by atoms with Gasteiger partial charge in [-0.1, -0.05) is 36.1 Å². The molecule has 210 valence electrons. The average Bonchev–Trinajstić information content (AvgIpc) is 3.22. The van der Waals surface area contributed by atoms with Crippen LogP contribution in [0.2, 0.25) is 0 Å². The molecule has 0 unspecified atom stereocenters. The van der Waals surface area contributed by atoms with E-state index in [-0.39, 0.29) is 44.4 Å². The first-order chi connectivity index (χ1) is 18.5. The lowest BCUT2D eigenvalue weighted by Gasteiger charge is -2.12. The van der Waals surface area contributed by atoms with Crippen molar-refractivity contribution in [2.24, 2.45) is 0 Å². The SMILES string of the molecule is O=C(CCSSc1ccccn1)NCCOCCOC(=O)CCCCCCCC(=O)ON1C(=O)CCC1=O. The first-order valence-electron chi connectivity index (χ1n) is 12.7. The molecule has 2 rings (SSSR count). The number of unbranched alkanes of at least 4 members (excludes halogenated alkanes) is 4. The second-order valence-corrected chi connectivity index (χ2v) is 10.8. The summed E-state index contributed by atoms with van der Waals surface area (Å²) in [7, 11) is 3.12. The highest BCUT2D eigenvalue weighted by Gasteiger charge is 2.32. The van der Waals surface area contributed by atoms with Gasteiger partial charge in [-0.25, -0.2) is 9.78 Å². The lowest BCUT2D eigenvalue weighted by molar-refractivity contribution is -0.197. The molecule has 1 aliphatic heterocycles. The molecular weight excluding hydrogens is 534 g/mol. The van der Waals surface area contributed by atoms with Crippen molar-refractivity contribution in [3.05, 3.63) is 24.4 Å². The number of hydrogen-bond acceptors (Lipinski definition) is 11. The minimum Gasteiger partial charge on any atom is -0.463 e. The number of nitrogens with one attached hydrogen (secondary N) is 1. The van der Waals surface area contributed by atoms with Crippen molar-refractivity contribution in [1.82, 2.24) is 15.4 Å². The molecule has 11 nitrogen and oxygen atoms in total. The van der Waals surface area contributed by atoms with Gasteiger partial charge in [0.15, 0.2) is 0 Å². The number of carbonyl (C=O) groups is 5. The number of hydroxylamine groups is 2. The molecule has 2 heterocycles. The molecule has 1 fully saturated rings. The van der Waals surface area contributed by atoms with Gasteiger partial charge in [-0.2, -0.15) is 0 Å². The summed E-state index contributed by atoms with van der Waals surface area (Å²) in [6, 6.07) is 5.71. The highest BCUT2D eigenvalue weighted by molar-refractivity contribution is 8.76. The molecule has 1 saturated heterocycles. The Kier molecular flexibility index (Phi) is 16.1. The predicted molar refractivity (Wildman–Crippen MR) is 141 cm³/mol. The molecule has 1 aromatic heterocycles. The first kappa shape index (κ1) is 31.6. The van der Waals surface area contributed by atoms with Crippen LogP contribution >= 0.6 is 21.6 Å². The van der Waals surface area contributed by atoms with Gasteiger partial charge in [-0.15, -0.1) is 5.06 Å². The zero-order chi connectivity index (χ0) is 27.4. The maximum atomic E-state index is 11.8. The molecule has 0 aliphatic carbocycles. The third-order valence-corrected chi connectivity index (χ3v) is 7.48. The van der Waals surface area contributed by atoms with Gasteiger partial charge in [-0.3, -0.25) is 19.2 Å².